The first kappa shape index (κ1) is 9.41. The van der Waals surface area contributed by atoms with Crippen LogP contribution in [0.4, 0.5) is 0 Å². The van der Waals surface area contributed by atoms with Gasteiger partial charge >= 0.3 is 0 Å². The highest BCUT2D eigenvalue weighted by Crippen LogP contribution is 2.38. The highest BCUT2D eigenvalue weighted by atomic mass is 16.3. The van der Waals surface area contributed by atoms with Gasteiger partial charge < -0.3 is 5.11 Å². The number of benzene rings is 1. The molecule has 1 unspecified atom stereocenters. The fourth-order valence-corrected chi connectivity index (χ4v) is 2.15. The number of carbonyl (C=O) groups is 1. The van der Waals surface area contributed by atoms with Gasteiger partial charge in [0.1, 0.15) is 0 Å². The van der Waals surface area contributed by atoms with E-state index in [2.05, 4.69) is 0 Å². The van der Waals surface area contributed by atoms with Crippen LogP contribution >= 0.6 is 0 Å². The van der Waals surface area contributed by atoms with Crippen LogP contribution in [0.3, 0.4) is 0 Å². The molecule has 0 saturated carbocycles. The Bertz CT molecular complexity index is 364. The first-order valence-electron chi connectivity index (χ1n) is 4.97. The van der Waals surface area contributed by atoms with Crippen molar-refractivity contribution in [2.24, 2.45) is 5.41 Å². The van der Waals surface area contributed by atoms with Gasteiger partial charge in [0.25, 0.3) is 0 Å². The lowest BCUT2D eigenvalue weighted by Gasteiger charge is -2.22. The number of aliphatic hydroxyl groups excluding tert-OH is 1. The van der Waals surface area contributed by atoms with Crippen LogP contribution < -0.4 is 0 Å². The average molecular weight is 190 g/mol. The molecule has 2 nitrogen and oxygen atoms in total. The number of rotatable bonds is 2. The molecule has 74 valence electrons. The molecular weight excluding hydrogens is 176 g/mol. The van der Waals surface area contributed by atoms with Crippen molar-refractivity contribution in [3.63, 3.8) is 0 Å². The average Bonchev–Trinajstić information content (AvgIpc) is 2.53. The van der Waals surface area contributed by atoms with E-state index in [1.165, 1.54) is 0 Å². The highest BCUT2D eigenvalue weighted by Gasteiger charge is 2.43. The Morgan fingerprint density at radius 2 is 2.14 bits per heavy atom. The minimum Gasteiger partial charge on any atom is -0.395 e. The largest absolute Gasteiger partial charge is 0.395 e. The maximum atomic E-state index is 12.0. The molecule has 0 aromatic heterocycles. The Morgan fingerprint density at radius 1 is 1.43 bits per heavy atom. The molecule has 1 atom stereocenters. The third kappa shape index (κ3) is 1.11. The van der Waals surface area contributed by atoms with Crippen molar-refractivity contribution in [3.8, 4) is 0 Å². The lowest BCUT2D eigenvalue weighted by molar-refractivity contribution is 0.0667. The minimum atomic E-state index is -0.538. The van der Waals surface area contributed by atoms with Crippen molar-refractivity contribution in [2.75, 3.05) is 6.61 Å². The molecule has 0 heterocycles. The molecule has 0 aliphatic heterocycles. The van der Waals surface area contributed by atoms with E-state index in [1.807, 2.05) is 31.2 Å². The van der Waals surface area contributed by atoms with Crippen molar-refractivity contribution < 1.29 is 9.90 Å². The fraction of sp³-hybridized carbons (Fsp3) is 0.417. The zero-order valence-electron chi connectivity index (χ0n) is 8.29. The van der Waals surface area contributed by atoms with Gasteiger partial charge in [-0.25, -0.2) is 0 Å². The maximum absolute atomic E-state index is 12.0. The molecule has 1 aliphatic rings. The summed E-state index contributed by atoms with van der Waals surface area (Å²) in [5.74, 6) is 0.109. The van der Waals surface area contributed by atoms with Crippen molar-refractivity contribution in [1.82, 2.24) is 0 Å². The van der Waals surface area contributed by atoms with Crippen LogP contribution in [0.15, 0.2) is 24.3 Å². The Morgan fingerprint density at radius 3 is 2.71 bits per heavy atom. The van der Waals surface area contributed by atoms with Gasteiger partial charge in [0.15, 0.2) is 5.78 Å². The molecule has 0 bridgehead atoms. The van der Waals surface area contributed by atoms with Gasteiger partial charge in [0.2, 0.25) is 0 Å². The molecule has 0 fully saturated rings. The Hall–Kier alpha value is -1.15. The number of aliphatic hydroxyl groups is 1. The van der Waals surface area contributed by atoms with Gasteiger partial charge in [-0.3, -0.25) is 4.79 Å². The molecule has 1 aromatic carbocycles. The smallest absolute Gasteiger partial charge is 0.171 e. The van der Waals surface area contributed by atoms with E-state index in [0.29, 0.717) is 12.8 Å². The predicted molar refractivity (Wildman–Crippen MR) is 54.3 cm³/mol. The number of carbonyl (C=O) groups excluding carboxylic acids is 1. The van der Waals surface area contributed by atoms with Crippen LogP contribution in [-0.4, -0.2) is 17.5 Å². The van der Waals surface area contributed by atoms with Gasteiger partial charge in [0, 0.05) is 5.56 Å². The van der Waals surface area contributed by atoms with Crippen LogP contribution in [-0.2, 0) is 6.42 Å². The summed E-state index contributed by atoms with van der Waals surface area (Å²) in [7, 11) is 0. The summed E-state index contributed by atoms with van der Waals surface area (Å²) >= 11 is 0. The number of ketones is 1. The SMILES string of the molecule is CCC1(CO)Cc2ccccc2C1=O. The summed E-state index contributed by atoms with van der Waals surface area (Å²) in [5.41, 5.74) is 1.33. The third-order valence-electron chi connectivity index (χ3n) is 3.25. The number of fused-ring (bicyclic) bond motifs is 1. The zero-order valence-corrected chi connectivity index (χ0v) is 8.29. The van der Waals surface area contributed by atoms with E-state index >= 15 is 0 Å². The number of hydrogen-bond donors (Lipinski definition) is 1. The van der Waals surface area contributed by atoms with Gasteiger partial charge in [-0.2, -0.15) is 0 Å². The number of hydrogen-bond acceptors (Lipinski definition) is 2. The van der Waals surface area contributed by atoms with Crippen molar-refractivity contribution in [3.05, 3.63) is 35.4 Å². The fourth-order valence-electron chi connectivity index (χ4n) is 2.15. The standard InChI is InChI=1S/C12H14O2/c1-2-12(8-13)7-9-5-3-4-6-10(9)11(12)14/h3-6,13H,2,7-8H2,1H3. The lowest BCUT2D eigenvalue weighted by Crippen LogP contribution is -2.31. The van der Waals surface area contributed by atoms with Gasteiger partial charge in [-0.05, 0) is 18.4 Å². The molecule has 2 rings (SSSR count). The molecule has 1 aromatic rings. The Balaban J connectivity index is 2.47. The maximum Gasteiger partial charge on any atom is 0.171 e. The second-order valence-electron chi connectivity index (χ2n) is 3.96. The summed E-state index contributed by atoms with van der Waals surface area (Å²) in [6.07, 6.45) is 1.39. The van der Waals surface area contributed by atoms with Gasteiger partial charge in [-0.1, -0.05) is 31.2 Å². The molecule has 0 saturated heterocycles. The van der Waals surface area contributed by atoms with E-state index in [0.717, 1.165) is 11.1 Å². The second-order valence-corrected chi connectivity index (χ2v) is 3.96. The first-order valence-corrected chi connectivity index (χ1v) is 4.97. The van der Waals surface area contributed by atoms with E-state index in [-0.39, 0.29) is 12.4 Å². The van der Waals surface area contributed by atoms with Crippen molar-refractivity contribution >= 4 is 5.78 Å². The van der Waals surface area contributed by atoms with E-state index in [9.17, 15) is 9.90 Å². The lowest BCUT2D eigenvalue weighted by atomic mass is 9.82. The van der Waals surface area contributed by atoms with Crippen LogP contribution in [0, 0.1) is 5.41 Å². The molecule has 0 radical (unpaired) electrons. The summed E-state index contributed by atoms with van der Waals surface area (Å²) in [6, 6.07) is 7.64. The van der Waals surface area contributed by atoms with Crippen molar-refractivity contribution in [2.45, 2.75) is 19.8 Å². The molecule has 0 spiro atoms. The summed E-state index contributed by atoms with van der Waals surface area (Å²) < 4.78 is 0. The van der Waals surface area contributed by atoms with Crippen molar-refractivity contribution in [1.29, 1.82) is 0 Å². The van der Waals surface area contributed by atoms with E-state index < -0.39 is 5.41 Å². The van der Waals surface area contributed by atoms with Gasteiger partial charge in [0.05, 0.1) is 12.0 Å². The van der Waals surface area contributed by atoms with E-state index in [4.69, 9.17) is 0 Å². The molecule has 14 heavy (non-hydrogen) atoms. The monoisotopic (exact) mass is 190 g/mol. The summed E-state index contributed by atoms with van der Waals surface area (Å²) in [4.78, 5) is 12.0. The van der Waals surface area contributed by atoms with Crippen LogP contribution in [0.1, 0.15) is 29.3 Å². The Kier molecular flexibility index (Phi) is 2.16. The molecule has 1 aliphatic carbocycles. The second kappa shape index (κ2) is 3.21. The molecule has 1 N–H and O–H groups in total. The predicted octanol–water partition coefficient (Wildman–Crippen LogP) is 1.81. The minimum absolute atomic E-state index is 0.0446. The highest BCUT2D eigenvalue weighted by molar-refractivity contribution is 6.04. The molecule has 0 amide bonds. The first-order chi connectivity index (χ1) is 6.73. The zero-order chi connectivity index (χ0) is 10.2. The quantitative estimate of drug-likeness (QED) is 0.772. The third-order valence-corrected chi connectivity index (χ3v) is 3.25. The Labute approximate surface area is 83.6 Å². The molecular formula is C12H14O2. The summed E-state index contributed by atoms with van der Waals surface area (Å²) in [5, 5.41) is 9.34. The molecule has 2 heteroatoms. The summed E-state index contributed by atoms with van der Waals surface area (Å²) in [6.45, 7) is 1.91. The van der Waals surface area contributed by atoms with E-state index in [1.54, 1.807) is 0 Å². The number of Topliss-reactive ketones (excluding diaryl/α,β-unsaturated/α-hetero) is 1. The van der Waals surface area contributed by atoms with Crippen LogP contribution in [0.5, 0.6) is 0 Å². The van der Waals surface area contributed by atoms with Crippen LogP contribution in [0.2, 0.25) is 0 Å². The van der Waals surface area contributed by atoms with Crippen LogP contribution in [0.25, 0.3) is 0 Å². The normalized spacial score (nSPS) is 25.1. The topological polar surface area (TPSA) is 37.3 Å². The van der Waals surface area contributed by atoms with Gasteiger partial charge in [-0.15, -0.1) is 0 Å².